The first-order chi connectivity index (χ1) is 9.03. The van der Waals surface area contributed by atoms with Gasteiger partial charge < -0.3 is 11.1 Å². The van der Waals surface area contributed by atoms with Gasteiger partial charge in [-0.3, -0.25) is 4.79 Å². The minimum absolute atomic E-state index is 0.115. The fourth-order valence-electron chi connectivity index (χ4n) is 2.51. The van der Waals surface area contributed by atoms with E-state index < -0.39 is 5.54 Å². The van der Waals surface area contributed by atoms with Gasteiger partial charge in [0.25, 0.3) is 5.91 Å². The van der Waals surface area contributed by atoms with Gasteiger partial charge in [0.05, 0.1) is 10.5 Å². The smallest absolute Gasteiger partial charge is 0.252 e. The molecule has 102 valence electrons. The zero-order chi connectivity index (χ0) is 13.9. The van der Waals surface area contributed by atoms with Crippen molar-refractivity contribution in [2.24, 2.45) is 5.73 Å². The molecule has 1 amide bonds. The highest BCUT2D eigenvalue weighted by Crippen LogP contribution is 2.29. The quantitative estimate of drug-likeness (QED) is 0.831. The number of thiocarbonyl (C=S) groups is 1. The number of hydrogen-bond donors (Lipinski definition) is 2. The van der Waals surface area contributed by atoms with E-state index in [9.17, 15) is 4.79 Å². The fourth-order valence-corrected chi connectivity index (χ4v) is 3.16. The molecule has 0 spiro atoms. The van der Waals surface area contributed by atoms with E-state index in [2.05, 4.69) is 21.2 Å². The van der Waals surface area contributed by atoms with Crippen molar-refractivity contribution in [3.63, 3.8) is 0 Å². The van der Waals surface area contributed by atoms with Crippen molar-refractivity contribution >= 4 is 39.0 Å². The van der Waals surface area contributed by atoms with Crippen molar-refractivity contribution < 1.29 is 4.79 Å². The third-order valence-electron chi connectivity index (χ3n) is 3.62. The second-order valence-electron chi connectivity index (χ2n) is 4.97. The molecule has 0 bridgehead atoms. The van der Waals surface area contributed by atoms with Gasteiger partial charge in [-0.25, -0.2) is 0 Å². The summed E-state index contributed by atoms with van der Waals surface area (Å²) in [5.41, 5.74) is 5.98. The molecule has 1 aromatic rings. The minimum atomic E-state index is -0.507. The van der Waals surface area contributed by atoms with Crippen molar-refractivity contribution in [1.82, 2.24) is 5.32 Å². The van der Waals surface area contributed by atoms with Crippen LogP contribution in [0.2, 0.25) is 0 Å². The van der Waals surface area contributed by atoms with Gasteiger partial charge in [0.2, 0.25) is 0 Å². The highest BCUT2D eigenvalue weighted by atomic mass is 79.9. The van der Waals surface area contributed by atoms with Gasteiger partial charge in [-0.2, -0.15) is 0 Å². The van der Waals surface area contributed by atoms with Crippen LogP contribution >= 0.6 is 28.1 Å². The SMILES string of the molecule is NC(=S)C1(NC(=O)c2cccc(Br)c2)CCCCC1. The average molecular weight is 341 g/mol. The molecular formula is C14H17BrN2OS. The Bertz CT molecular complexity index is 498. The van der Waals surface area contributed by atoms with Gasteiger partial charge >= 0.3 is 0 Å². The van der Waals surface area contributed by atoms with E-state index >= 15 is 0 Å². The molecule has 1 aromatic carbocycles. The Morgan fingerprint density at radius 2 is 2.00 bits per heavy atom. The van der Waals surface area contributed by atoms with Crippen LogP contribution in [0.3, 0.4) is 0 Å². The maximum absolute atomic E-state index is 12.3. The number of rotatable bonds is 3. The Morgan fingerprint density at radius 3 is 2.58 bits per heavy atom. The third-order valence-corrected chi connectivity index (χ3v) is 4.50. The van der Waals surface area contributed by atoms with E-state index in [4.69, 9.17) is 18.0 Å². The molecule has 0 unspecified atom stereocenters. The van der Waals surface area contributed by atoms with Crippen molar-refractivity contribution in [2.45, 2.75) is 37.6 Å². The van der Waals surface area contributed by atoms with Crippen LogP contribution in [0.15, 0.2) is 28.7 Å². The molecule has 2 rings (SSSR count). The van der Waals surface area contributed by atoms with Gasteiger partial charge in [0.1, 0.15) is 0 Å². The number of hydrogen-bond acceptors (Lipinski definition) is 2. The Labute approximate surface area is 127 Å². The molecule has 1 aliphatic rings. The average Bonchev–Trinajstić information content (AvgIpc) is 2.39. The number of halogens is 1. The van der Waals surface area contributed by atoms with Crippen molar-refractivity contribution in [2.75, 3.05) is 0 Å². The molecule has 1 saturated carbocycles. The summed E-state index contributed by atoms with van der Waals surface area (Å²) in [6, 6.07) is 7.32. The Hall–Kier alpha value is -0.940. The molecule has 0 atom stereocenters. The van der Waals surface area contributed by atoms with Crippen LogP contribution in [0.5, 0.6) is 0 Å². The van der Waals surface area contributed by atoms with E-state index in [0.717, 1.165) is 30.2 Å². The van der Waals surface area contributed by atoms with Gasteiger partial charge in [-0.15, -0.1) is 0 Å². The summed E-state index contributed by atoms with van der Waals surface area (Å²) in [5, 5.41) is 3.05. The van der Waals surface area contributed by atoms with Gasteiger partial charge in [0.15, 0.2) is 0 Å². The topological polar surface area (TPSA) is 55.1 Å². The predicted molar refractivity (Wildman–Crippen MR) is 84.2 cm³/mol. The molecule has 1 fully saturated rings. The van der Waals surface area contributed by atoms with Crippen LogP contribution in [0.1, 0.15) is 42.5 Å². The lowest BCUT2D eigenvalue weighted by atomic mass is 9.81. The zero-order valence-electron chi connectivity index (χ0n) is 10.6. The molecule has 0 radical (unpaired) electrons. The van der Waals surface area contributed by atoms with Crippen LogP contribution in [0.4, 0.5) is 0 Å². The Morgan fingerprint density at radius 1 is 1.32 bits per heavy atom. The van der Waals surface area contributed by atoms with E-state index in [-0.39, 0.29) is 5.91 Å². The standard InChI is InChI=1S/C14H17BrN2OS/c15-11-6-4-5-10(9-11)12(18)17-14(13(16)19)7-2-1-3-8-14/h4-6,9H,1-3,7-8H2,(H2,16,19)(H,17,18). The van der Waals surface area contributed by atoms with Crippen LogP contribution in [-0.2, 0) is 0 Å². The molecule has 0 aromatic heterocycles. The number of carbonyl (C=O) groups excluding carboxylic acids is 1. The number of carbonyl (C=O) groups is 1. The fraction of sp³-hybridized carbons (Fsp3) is 0.429. The number of benzene rings is 1. The number of amides is 1. The first-order valence-electron chi connectivity index (χ1n) is 6.41. The third kappa shape index (κ3) is 3.34. The van der Waals surface area contributed by atoms with Gasteiger partial charge in [-0.05, 0) is 31.0 Å². The summed E-state index contributed by atoms with van der Waals surface area (Å²) < 4.78 is 0.883. The zero-order valence-corrected chi connectivity index (χ0v) is 13.0. The van der Waals surface area contributed by atoms with Crippen molar-refractivity contribution in [1.29, 1.82) is 0 Å². The summed E-state index contributed by atoms with van der Waals surface area (Å²) in [7, 11) is 0. The maximum Gasteiger partial charge on any atom is 0.252 e. The van der Waals surface area contributed by atoms with E-state index in [1.807, 2.05) is 12.1 Å². The molecule has 5 heteroatoms. The molecular weight excluding hydrogens is 324 g/mol. The van der Waals surface area contributed by atoms with Crippen molar-refractivity contribution in [3.05, 3.63) is 34.3 Å². The highest BCUT2D eigenvalue weighted by Gasteiger charge is 2.36. The van der Waals surface area contributed by atoms with Crippen LogP contribution < -0.4 is 11.1 Å². The van der Waals surface area contributed by atoms with Gasteiger partial charge in [0, 0.05) is 10.0 Å². The van der Waals surface area contributed by atoms with Gasteiger partial charge in [-0.1, -0.05) is 53.5 Å². The highest BCUT2D eigenvalue weighted by molar-refractivity contribution is 9.10. The van der Waals surface area contributed by atoms with E-state index in [0.29, 0.717) is 10.6 Å². The molecule has 0 saturated heterocycles. The van der Waals surface area contributed by atoms with Crippen LogP contribution in [-0.4, -0.2) is 16.4 Å². The molecule has 3 N–H and O–H groups in total. The lowest BCUT2D eigenvalue weighted by molar-refractivity contribution is 0.0908. The molecule has 0 aliphatic heterocycles. The Kier molecular flexibility index (Phi) is 4.58. The second kappa shape index (κ2) is 6.01. The number of nitrogens with two attached hydrogens (primary N) is 1. The molecule has 0 heterocycles. The maximum atomic E-state index is 12.3. The summed E-state index contributed by atoms with van der Waals surface area (Å²) >= 11 is 8.54. The second-order valence-corrected chi connectivity index (χ2v) is 6.33. The van der Waals surface area contributed by atoms with Crippen LogP contribution in [0, 0.1) is 0 Å². The Balaban J connectivity index is 2.18. The summed E-state index contributed by atoms with van der Waals surface area (Å²) in [6.07, 6.45) is 4.95. The van der Waals surface area contributed by atoms with E-state index in [1.54, 1.807) is 12.1 Å². The summed E-state index contributed by atoms with van der Waals surface area (Å²) in [5.74, 6) is -0.115. The monoisotopic (exact) mass is 340 g/mol. The first-order valence-corrected chi connectivity index (χ1v) is 7.62. The predicted octanol–water partition coefficient (Wildman–Crippen LogP) is 3.17. The minimum Gasteiger partial charge on any atom is -0.391 e. The molecule has 1 aliphatic carbocycles. The normalized spacial score (nSPS) is 17.7. The summed E-state index contributed by atoms with van der Waals surface area (Å²) in [4.78, 5) is 12.7. The molecule has 19 heavy (non-hydrogen) atoms. The first kappa shape index (κ1) is 14.5. The number of nitrogens with one attached hydrogen (secondary N) is 1. The van der Waals surface area contributed by atoms with Crippen LogP contribution in [0.25, 0.3) is 0 Å². The van der Waals surface area contributed by atoms with E-state index in [1.165, 1.54) is 6.42 Å². The summed E-state index contributed by atoms with van der Waals surface area (Å²) in [6.45, 7) is 0. The molecule has 3 nitrogen and oxygen atoms in total. The van der Waals surface area contributed by atoms with Crippen molar-refractivity contribution in [3.8, 4) is 0 Å². The largest absolute Gasteiger partial charge is 0.391 e. The lowest BCUT2D eigenvalue weighted by Gasteiger charge is -2.37. The lowest BCUT2D eigenvalue weighted by Crippen LogP contribution is -2.57.